The summed E-state index contributed by atoms with van der Waals surface area (Å²) in [6.07, 6.45) is 5.96. The van der Waals surface area contributed by atoms with Crippen LogP contribution in [0.25, 0.3) is 10.9 Å². The quantitative estimate of drug-likeness (QED) is 0.841. The fourth-order valence-corrected chi connectivity index (χ4v) is 5.24. The first-order valence-corrected chi connectivity index (χ1v) is 9.86. The molecule has 0 bridgehead atoms. The molecule has 0 radical (unpaired) electrons. The number of likely N-dealkylation sites (tertiary alicyclic amines) is 1. The van der Waals surface area contributed by atoms with Gasteiger partial charge in [-0.15, -0.1) is 0 Å². The highest BCUT2D eigenvalue weighted by Crippen LogP contribution is 2.42. The molecule has 0 saturated carbocycles. The zero-order chi connectivity index (χ0) is 17.0. The zero-order valence-electron chi connectivity index (χ0n) is 15.1. The second kappa shape index (κ2) is 5.87. The minimum atomic E-state index is 0.292. The molecule has 1 aliphatic carbocycles. The van der Waals surface area contributed by atoms with Crippen molar-refractivity contribution < 1.29 is 4.79 Å². The number of amides is 1. The SMILES string of the molecule is Cc1ccc2c(c1)c1c3n2CCN(C(=O)CN2CCCC2)C3CCC1. The first-order valence-electron chi connectivity index (χ1n) is 9.86. The van der Waals surface area contributed by atoms with Crippen LogP contribution in [0.3, 0.4) is 0 Å². The minimum Gasteiger partial charge on any atom is -0.341 e. The summed E-state index contributed by atoms with van der Waals surface area (Å²) >= 11 is 0. The lowest BCUT2D eigenvalue weighted by Gasteiger charge is -2.40. The Labute approximate surface area is 149 Å². The molecule has 0 spiro atoms. The van der Waals surface area contributed by atoms with Crippen LogP contribution in [0.4, 0.5) is 0 Å². The molecule has 1 aromatic carbocycles. The van der Waals surface area contributed by atoms with Crippen molar-refractivity contribution in [2.45, 2.75) is 51.6 Å². The van der Waals surface area contributed by atoms with Crippen molar-refractivity contribution in [3.63, 3.8) is 0 Å². The van der Waals surface area contributed by atoms with Gasteiger partial charge in [-0.05, 0) is 69.8 Å². The molecule has 132 valence electrons. The molecule has 3 heterocycles. The normalized spacial score (nSPS) is 23.2. The van der Waals surface area contributed by atoms with Gasteiger partial charge in [0.2, 0.25) is 5.91 Å². The Morgan fingerprint density at radius 2 is 1.96 bits per heavy atom. The van der Waals surface area contributed by atoms with E-state index in [0.717, 1.165) is 39.0 Å². The molecule has 4 nitrogen and oxygen atoms in total. The molecule has 5 rings (SSSR count). The van der Waals surface area contributed by atoms with E-state index in [0.29, 0.717) is 18.5 Å². The Balaban J connectivity index is 1.52. The van der Waals surface area contributed by atoms with E-state index in [2.05, 4.69) is 39.5 Å². The van der Waals surface area contributed by atoms with Crippen molar-refractivity contribution in [1.82, 2.24) is 14.4 Å². The molecule has 1 amide bonds. The molecule has 1 aromatic heterocycles. The van der Waals surface area contributed by atoms with Crippen LogP contribution in [-0.2, 0) is 17.8 Å². The second-order valence-corrected chi connectivity index (χ2v) is 8.01. The predicted octanol–water partition coefficient (Wildman–Crippen LogP) is 3.27. The van der Waals surface area contributed by atoms with Crippen LogP contribution in [0.5, 0.6) is 0 Å². The van der Waals surface area contributed by atoms with E-state index in [4.69, 9.17) is 0 Å². The van der Waals surface area contributed by atoms with E-state index in [1.54, 1.807) is 0 Å². The second-order valence-electron chi connectivity index (χ2n) is 8.01. The van der Waals surface area contributed by atoms with E-state index < -0.39 is 0 Å². The minimum absolute atomic E-state index is 0.292. The molecule has 1 saturated heterocycles. The van der Waals surface area contributed by atoms with Gasteiger partial charge in [0.25, 0.3) is 0 Å². The Morgan fingerprint density at radius 1 is 1.12 bits per heavy atom. The molecule has 2 aromatic rings. The van der Waals surface area contributed by atoms with Gasteiger partial charge in [-0.25, -0.2) is 0 Å². The van der Waals surface area contributed by atoms with Gasteiger partial charge in [0.1, 0.15) is 0 Å². The molecular formula is C21H27N3O. The smallest absolute Gasteiger partial charge is 0.237 e. The number of nitrogens with zero attached hydrogens (tertiary/aromatic N) is 3. The van der Waals surface area contributed by atoms with Crippen molar-refractivity contribution in [3.05, 3.63) is 35.0 Å². The van der Waals surface area contributed by atoms with Crippen molar-refractivity contribution in [2.75, 3.05) is 26.2 Å². The fraction of sp³-hybridized carbons (Fsp3) is 0.571. The molecule has 25 heavy (non-hydrogen) atoms. The van der Waals surface area contributed by atoms with Gasteiger partial charge in [0, 0.05) is 29.7 Å². The van der Waals surface area contributed by atoms with E-state index in [1.807, 2.05) is 0 Å². The van der Waals surface area contributed by atoms with Gasteiger partial charge in [-0.3, -0.25) is 9.69 Å². The van der Waals surface area contributed by atoms with Crippen LogP contribution in [0.2, 0.25) is 0 Å². The highest BCUT2D eigenvalue weighted by molar-refractivity contribution is 5.88. The maximum Gasteiger partial charge on any atom is 0.237 e. The summed E-state index contributed by atoms with van der Waals surface area (Å²) in [5.41, 5.74) is 5.64. The zero-order valence-corrected chi connectivity index (χ0v) is 15.1. The average Bonchev–Trinajstić information content (AvgIpc) is 3.23. The highest BCUT2D eigenvalue weighted by atomic mass is 16.2. The molecule has 4 heteroatoms. The maximum atomic E-state index is 13.0. The number of hydrogen-bond donors (Lipinski definition) is 0. The van der Waals surface area contributed by atoms with Crippen molar-refractivity contribution in [1.29, 1.82) is 0 Å². The maximum absolute atomic E-state index is 13.0. The Kier molecular flexibility index (Phi) is 3.63. The Bertz CT molecular complexity index is 831. The first-order chi connectivity index (χ1) is 12.2. The molecule has 3 aliphatic rings. The summed E-state index contributed by atoms with van der Waals surface area (Å²) in [4.78, 5) is 17.5. The van der Waals surface area contributed by atoms with Crippen molar-refractivity contribution >= 4 is 16.8 Å². The van der Waals surface area contributed by atoms with Crippen molar-refractivity contribution in [3.8, 4) is 0 Å². The van der Waals surface area contributed by atoms with Crippen LogP contribution in [0.1, 0.15) is 48.5 Å². The Hall–Kier alpha value is -1.81. The molecule has 0 N–H and O–H groups in total. The number of carbonyl (C=O) groups excluding carboxylic acids is 1. The number of carbonyl (C=O) groups is 1. The number of fused-ring (bicyclic) bond motifs is 3. The third-order valence-corrected chi connectivity index (χ3v) is 6.41. The Morgan fingerprint density at radius 3 is 2.80 bits per heavy atom. The topological polar surface area (TPSA) is 28.5 Å². The van der Waals surface area contributed by atoms with Crippen LogP contribution < -0.4 is 0 Å². The van der Waals surface area contributed by atoms with Gasteiger partial charge in [-0.2, -0.15) is 0 Å². The lowest BCUT2D eigenvalue weighted by Crippen LogP contribution is -2.47. The molecule has 1 unspecified atom stereocenters. The largest absolute Gasteiger partial charge is 0.341 e. The van der Waals surface area contributed by atoms with Gasteiger partial charge < -0.3 is 9.47 Å². The summed E-state index contributed by atoms with van der Waals surface area (Å²) in [5.74, 6) is 0.340. The summed E-state index contributed by atoms with van der Waals surface area (Å²) in [5, 5.41) is 1.42. The number of aryl methyl sites for hydroxylation is 2. The number of rotatable bonds is 2. The molecule has 2 aliphatic heterocycles. The standard InChI is InChI=1S/C21H27N3O/c1-15-7-8-18-17(13-15)16-5-4-6-19-21(16)24(18)12-11-23(19)20(25)14-22-9-2-3-10-22/h7-8,13,19H,2-6,9-12,14H2,1H3. The fourth-order valence-electron chi connectivity index (χ4n) is 5.24. The number of hydrogen-bond acceptors (Lipinski definition) is 2. The highest BCUT2D eigenvalue weighted by Gasteiger charge is 2.37. The van der Waals surface area contributed by atoms with Crippen LogP contribution >= 0.6 is 0 Å². The molecule has 1 atom stereocenters. The van der Waals surface area contributed by atoms with Crippen LogP contribution in [0.15, 0.2) is 18.2 Å². The van der Waals surface area contributed by atoms with Gasteiger partial charge in [0.05, 0.1) is 12.6 Å². The van der Waals surface area contributed by atoms with Crippen LogP contribution in [-0.4, -0.2) is 46.5 Å². The van der Waals surface area contributed by atoms with Crippen LogP contribution in [0, 0.1) is 6.92 Å². The summed E-state index contributed by atoms with van der Waals surface area (Å²) in [6.45, 7) is 6.78. The monoisotopic (exact) mass is 337 g/mol. The van der Waals surface area contributed by atoms with E-state index >= 15 is 0 Å². The molecule has 1 fully saturated rings. The van der Waals surface area contributed by atoms with E-state index in [1.165, 1.54) is 47.0 Å². The summed E-state index contributed by atoms with van der Waals surface area (Å²) in [7, 11) is 0. The first kappa shape index (κ1) is 15.4. The number of benzene rings is 1. The number of aromatic nitrogens is 1. The van der Waals surface area contributed by atoms with Gasteiger partial charge >= 0.3 is 0 Å². The van der Waals surface area contributed by atoms with Gasteiger partial charge in [-0.1, -0.05) is 11.6 Å². The summed E-state index contributed by atoms with van der Waals surface area (Å²) in [6, 6.07) is 7.13. The lowest BCUT2D eigenvalue weighted by atomic mass is 9.89. The summed E-state index contributed by atoms with van der Waals surface area (Å²) < 4.78 is 2.51. The lowest BCUT2D eigenvalue weighted by molar-refractivity contribution is -0.136. The van der Waals surface area contributed by atoms with E-state index in [-0.39, 0.29) is 0 Å². The predicted molar refractivity (Wildman–Crippen MR) is 99.7 cm³/mol. The molecular weight excluding hydrogens is 310 g/mol. The third-order valence-electron chi connectivity index (χ3n) is 6.41. The van der Waals surface area contributed by atoms with Crippen molar-refractivity contribution in [2.24, 2.45) is 0 Å². The average molecular weight is 337 g/mol. The van der Waals surface area contributed by atoms with Gasteiger partial charge in [0.15, 0.2) is 0 Å². The third kappa shape index (κ3) is 2.42. The van der Waals surface area contributed by atoms with E-state index in [9.17, 15) is 4.79 Å².